The maximum Gasteiger partial charge on any atom is 0.321 e. The van der Waals surface area contributed by atoms with Crippen molar-refractivity contribution < 1.29 is 4.79 Å². The maximum atomic E-state index is 11.9. The van der Waals surface area contributed by atoms with Crippen LogP contribution in [0.5, 0.6) is 0 Å². The molecule has 0 saturated carbocycles. The fourth-order valence-corrected chi connectivity index (χ4v) is 4.99. The van der Waals surface area contributed by atoms with E-state index in [1.54, 1.807) is 4.90 Å². The highest BCUT2D eigenvalue weighted by Crippen LogP contribution is 2.41. The van der Waals surface area contributed by atoms with Crippen molar-refractivity contribution in [3.63, 3.8) is 0 Å². The van der Waals surface area contributed by atoms with E-state index in [-0.39, 0.29) is 17.5 Å². The zero-order valence-electron chi connectivity index (χ0n) is 19.1. The number of hydrogen-bond acceptors (Lipinski definition) is 3. The molecule has 2 heterocycles. The van der Waals surface area contributed by atoms with Gasteiger partial charge < -0.3 is 10.6 Å². The first-order valence-corrected chi connectivity index (χ1v) is 11.4. The van der Waals surface area contributed by atoms with Gasteiger partial charge in [0, 0.05) is 42.6 Å². The Morgan fingerprint density at radius 3 is 2.66 bits per heavy atom. The number of amides is 2. The number of carbonyl (C=O) groups excluding carboxylic acids is 1. The number of hydrogen-bond donors (Lipinski definition) is 2. The molecule has 6 nitrogen and oxygen atoms in total. The van der Waals surface area contributed by atoms with Crippen molar-refractivity contribution in [1.29, 1.82) is 0 Å². The summed E-state index contributed by atoms with van der Waals surface area (Å²) in [6, 6.07) is 17.0. The fraction of sp³-hybridized carbons (Fsp3) is 0.385. The Labute approximate surface area is 189 Å². The van der Waals surface area contributed by atoms with Crippen LogP contribution in [0.1, 0.15) is 48.7 Å². The van der Waals surface area contributed by atoms with Crippen LogP contribution in [-0.4, -0.2) is 28.9 Å². The van der Waals surface area contributed by atoms with Gasteiger partial charge >= 0.3 is 6.03 Å². The number of benzene rings is 2. The van der Waals surface area contributed by atoms with Crippen molar-refractivity contribution in [3.05, 3.63) is 77.1 Å². The second-order valence-electron chi connectivity index (χ2n) is 9.77. The molecule has 1 aromatic heterocycles. The van der Waals surface area contributed by atoms with Crippen LogP contribution in [0.2, 0.25) is 0 Å². The normalized spacial score (nSPS) is 19.7. The summed E-state index contributed by atoms with van der Waals surface area (Å²) >= 11 is 0. The van der Waals surface area contributed by atoms with Gasteiger partial charge in [-0.2, -0.15) is 5.10 Å². The van der Waals surface area contributed by atoms with Gasteiger partial charge in [0.15, 0.2) is 0 Å². The van der Waals surface area contributed by atoms with Crippen LogP contribution in [0.3, 0.4) is 0 Å². The van der Waals surface area contributed by atoms with E-state index in [1.807, 2.05) is 18.3 Å². The molecule has 2 amide bonds. The van der Waals surface area contributed by atoms with Crippen molar-refractivity contribution in [3.8, 4) is 5.69 Å². The summed E-state index contributed by atoms with van der Waals surface area (Å²) < 4.78 is 2.14. The SMILES string of the molecule is Cc1ccccc1-n1ncc2c1CC(C)(C)C[C@H]2NCc1ccc(N2CCNC2=O)cc1. The van der Waals surface area contributed by atoms with E-state index in [0.717, 1.165) is 37.3 Å². The summed E-state index contributed by atoms with van der Waals surface area (Å²) in [6.45, 7) is 9.04. The monoisotopic (exact) mass is 429 g/mol. The van der Waals surface area contributed by atoms with Crippen LogP contribution in [0.4, 0.5) is 10.5 Å². The lowest BCUT2D eigenvalue weighted by atomic mass is 9.74. The number of nitrogens with one attached hydrogen (secondary N) is 2. The smallest absolute Gasteiger partial charge is 0.321 e. The Morgan fingerprint density at radius 2 is 1.94 bits per heavy atom. The molecule has 3 aromatic rings. The average Bonchev–Trinajstić information content (AvgIpc) is 3.38. The lowest BCUT2D eigenvalue weighted by Crippen LogP contribution is -2.33. The number of urea groups is 1. The molecule has 1 atom stereocenters. The number of aryl methyl sites for hydroxylation is 1. The molecule has 5 rings (SSSR count). The largest absolute Gasteiger partial charge is 0.336 e. The van der Waals surface area contributed by atoms with Crippen LogP contribution in [0, 0.1) is 12.3 Å². The molecule has 2 aliphatic rings. The molecule has 1 saturated heterocycles. The van der Waals surface area contributed by atoms with Gasteiger partial charge in [0.1, 0.15) is 0 Å². The molecule has 1 aliphatic heterocycles. The van der Waals surface area contributed by atoms with Crippen LogP contribution < -0.4 is 15.5 Å². The van der Waals surface area contributed by atoms with Crippen molar-refractivity contribution in [2.45, 2.75) is 46.2 Å². The van der Waals surface area contributed by atoms with Gasteiger partial charge in [-0.25, -0.2) is 9.48 Å². The molecule has 6 heteroatoms. The predicted molar refractivity (Wildman–Crippen MR) is 127 cm³/mol. The Kier molecular flexibility index (Phi) is 5.25. The third-order valence-electron chi connectivity index (χ3n) is 6.68. The minimum Gasteiger partial charge on any atom is -0.336 e. The summed E-state index contributed by atoms with van der Waals surface area (Å²) in [5.74, 6) is 0. The van der Waals surface area contributed by atoms with Crippen LogP contribution in [0.25, 0.3) is 5.69 Å². The average molecular weight is 430 g/mol. The first-order chi connectivity index (χ1) is 15.4. The minimum absolute atomic E-state index is 0.0153. The van der Waals surface area contributed by atoms with Gasteiger partial charge in [-0.05, 0) is 54.5 Å². The number of nitrogens with zero attached hydrogens (tertiary/aromatic N) is 3. The van der Waals surface area contributed by atoms with Gasteiger partial charge in [-0.3, -0.25) is 4.90 Å². The Morgan fingerprint density at radius 1 is 1.16 bits per heavy atom. The number of anilines is 1. The molecule has 0 bridgehead atoms. The van der Waals surface area contributed by atoms with Crippen LogP contribution >= 0.6 is 0 Å². The molecule has 0 spiro atoms. The summed E-state index contributed by atoms with van der Waals surface area (Å²) in [6.07, 6.45) is 4.14. The summed E-state index contributed by atoms with van der Waals surface area (Å²) in [5.41, 5.74) is 7.36. The van der Waals surface area contributed by atoms with E-state index in [2.05, 4.69) is 72.5 Å². The lowest BCUT2D eigenvalue weighted by Gasteiger charge is -2.36. The van der Waals surface area contributed by atoms with E-state index in [9.17, 15) is 4.79 Å². The molecule has 0 unspecified atom stereocenters. The number of para-hydroxylation sites is 1. The summed E-state index contributed by atoms with van der Waals surface area (Å²) in [5, 5.41) is 11.4. The Hall–Kier alpha value is -3.12. The molecular formula is C26H31N5O. The first-order valence-electron chi connectivity index (χ1n) is 11.4. The molecule has 0 radical (unpaired) electrons. The molecule has 32 heavy (non-hydrogen) atoms. The standard InChI is InChI=1S/C26H31N5O/c1-18-6-4-5-7-23(18)31-24-15-26(2,3)14-22(21(24)17-29-31)28-16-19-8-10-20(11-9-19)30-13-12-27-25(30)32/h4-11,17,22,28H,12-16H2,1-3H3,(H,27,32)/t22-/m1/s1. The molecule has 166 valence electrons. The summed E-state index contributed by atoms with van der Waals surface area (Å²) in [4.78, 5) is 13.7. The molecule has 1 fully saturated rings. The molecular weight excluding hydrogens is 398 g/mol. The zero-order valence-corrected chi connectivity index (χ0v) is 19.1. The quantitative estimate of drug-likeness (QED) is 0.627. The predicted octanol–water partition coefficient (Wildman–Crippen LogP) is 4.51. The van der Waals surface area contributed by atoms with Crippen molar-refractivity contribution in [2.75, 3.05) is 18.0 Å². The molecule has 2 aromatic carbocycles. The highest BCUT2D eigenvalue weighted by atomic mass is 16.2. The van der Waals surface area contributed by atoms with E-state index >= 15 is 0 Å². The third-order valence-corrected chi connectivity index (χ3v) is 6.68. The van der Waals surface area contributed by atoms with Crippen molar-refractivity contribution >= 4 is 11.7 Å². The maximum absolute atomic E-state index is 11.9. The summed E-state index contributed by atoms with van der Waals surface area (Å²) in [7, 11) is 0. The fourth-order valence-electron chi connectivity index (χ4n) is 4.99. The third kappa shape index (κ3) is 3.91. The van der Waals surface area contributed by atoms with Gasteiger partial charge in [-0.1, -0.05) is 44.2 Å². The van der Waals surface area contributed by atoms with Crippen molar-refractivity contribution in [2.24, 2.45) is 5.41 Å². The number of fused-ring (bicyclic) bond motifs is 1. The number of aromatic nitrogens is 2. The lowest BCUT2D eigenvalue weighted by molar-refractivity contribution is 0.252. The van der Waals surface area contributed by atoms with E-state index in [0.29, 0.717) is 6.54 Å². The van der Waals surface area contributed by atoms with E-state index in [1.165, 1.54) is 22.4 Å². The second kappa shape index (κ2) is 8.10. The van der Waals surface area contributed by atoms with Crippen molar-refractivity contribution in [1.82, 2.24) is 20.4 Å². The Bertz CT molecular complexity index is 1130. The number of carbonyl (C=O) groups is 1. The van der Waals surface area contributed by atoms with E-state index < -0.39 is 0 Å². The van der Waals surface area contributed by atoms with E-state index in [4.69, 9.17) is 5.10 Å². The molecule has 1 aliphatic carbocycles. The number of rotatable bonds is 5. The van der Waals surface area contributed by atoms with Gasteiger partial charge in [0.2, 0.25) is 0 Å². The zero-order chi connectivity index (χ0) is 22.3. The van der Waals surface area contributed by atoms with Gasteiger partial charge in [-0.15, -0.1) is 0 Å². The highest BCUT2D eigenvalue weighted by molar-refractivity contribution is 5.93. The van der Waals surface area contributed by atoms with Gasteiger partial charge in [0.05, 0.1) is 11.9 Å². The first kappa shape index (κ1) is 20.8. The Balaban J connectivity index is 1.35. The van der Waals surface area contributed by atoms with Crippen LogP contribution in [0.15, 0.2) is 54.7 Å². The second-order valence-corrected chi connectivity index (χ2v) is 9.77. The molecule has 2 N–H and O–H groups in total. The minimum atomic E-state index is -0.0153. The highest BCUT2D eigenvalue weighted by Gasteiger charge is 2.35. The van der Waals surface area contributed by atoms with Gasteiger partial charge in [0.25, 0.3) is 0 Å². The van der Waals surface area contributed by atoms with Crippen LogP contribution in [-0.2, 0) is 13.0 Å². The topological polar surface area (TPSA) is 62.2 Å².